The monoisotopic (exact) mass is 602 g/mol. The number of amides is 3. The highest BCUT2D eigenvalue weighted by molar-refractivity contribution is 6.00. The molecule has 0 spiro atoms. The molecule has 3 heterocycles. The van der Waals surface area contributed by atoms with Crippen molar-refractivity contribution in [3.05, 3.63) is 89.1 Å². The van der Waals surface area contributed by atoms with Crippen molar-refractivity contribution < 1.29 is 28.6 Å². The van der Waals surface area contributed by atoms with Gasteiger partial charge in [-0.05, 0) is 83.6 Å². The first-order valence-electron chi connectivity index (χ1n) is 15.4. The molecule has 2 fully saturated rings. The van der Waals surface area contributed by atoms with Gasteiger partial charge in [-0.15, -0.1) is 0 Å². The SMILES string of the molecule is Cc1coc([C@H]2CCCN2C(=O)c2cccc(C(=O)N[C@@H](Cc3ccccc3)[C@H](O)[C@H]3CCCN3C(=O)OC(C)(C)C)c2)n1. The van der Waals surface area contributed by atoms with E-state index in [1.807, 2.05) is 58.0 Å². The molecule has 10 heteroatoms. The molecule has 10 nitrogen and oxygen atoms in total. The number of nitrogens with zero attached hydrogens (tertiary/aromatic N) is 3. The highest BCUT2D eigenvalue weighted by Gasteiger charge is 2.40. The number of aromatic nitrogens is 1. The number of aliphatic hydroxyl groups excluding tert-OH is 1. The van der Waals surface area contributed by atoms with Gasteiger partial charge < -0.3 is 29.4 Å². The Morgan fingerprint density at radius 1 is 1.02 bits per heavy atom. The third-order valence-corrected chi connectivity index (χ3v) is 8.16. The molecule has 0 radical (unpaired) electrons. The first-order valence-corrected chi connectivity index (χ1v) is 15.4. The second kappa shape index (κ2) is 13.2. The maximum atomic E-state index is 13.7. The number of nitrogens with one attached hydrogen (secondary N) is 1. The Balaban J connectivity index is 1.34. The topological polar surface area (TPSA) is 125 Å². The largest absolute Gasteiger partial charge is 0.446 e. The fourth-order valence-electron chi connectivity index (χ4n) is 6.09. The van der Waals surface area contributed by atoms with Crippen LogP contribution in [0.1, 0.15) is 90.4 Å². The minimum atomic E-state index is -1.05. The highest BCUT2D eigenvalue weighted by atomic mass is 16.6. The molecular formula is C34H42N4O6. The summed E-state index contributed by atoms with van der Waals surface area (Å²) >= 11 is 0. The van der Waals surface area contributed by atoms with Gasteiger partial charge in [0.2, 0.25) is 5.89 Å². The van der Waals surface area contributed by atoms with Crippen LogP contribution >= 0.6 is 0 Å². The standard InChI is InChI=1S/C34H42N4O6/c1-22-21-43-31(35-22)28-16-10-17-37(28)32(41)25-14-8-13-24(20-25)30(40)36-26(19-23-11-6-5-7-12-23)29(39)27-15-9-18-38(27)33(42)44-34(2,3)4/h5-8,11-14,20-21,26-29,39H,9-10,15-19H2,1-4H3,(H,36,40)/t26-,27+,28+,29-/m0/s1. The van der Waals surface area contributed by atoms with Crippen molar-refractivity contribution in [2.24, 2.45) is 0 Å². The third-order valence-electron chi connectivity index (χ3n) is 8.16. The van der Waals surface area contributed by atoms with E-state index in [1.165, 1.54) is 0 Å². The molecule has 2 aliphatic rings. The molecule has 2 aromatic carbocycles. The van der Waals surface area contributed by atoms with Crippen molar-refractivity contribution in [3.63, 3.8) is 0 Å². The number of rotatable bonds is 8. The van der Waals surface area contributed by atoms with E-state index < -0.39 is 35.8 Å². The van der Waals surface area contributed by atoms with Gasteiger partial charge in [-0.25, -0.2) is 9.78 Å². The lowest BCUT2D eigenvalue weighted by atomic mass is 9.94. The molecule has 3 aromatic rings. The van der Waals surface area contributed by atoms with Gasteiger partial charge >= 0.3 is 6.09 Å². The number of ether oxygens (including phenoxy) is 1. The fraction of sp³-hybridized carbons (Fsp3) is 0.471. The lowest BCUT2D eigenvalue weighted by Crippen LogP contribution is -2.54. The number of aryl methyl sites for hydroxylation is 1. The molecule has 4 atom stereocenters. The van der Waals surface area contributed by atoms with Crippen molar-refractivity contribution in [2.45, 2.75) is 89.6 Å². The van der Waals surface area contributed by atoms with Crippen molar-refractivity contribution in [3.8, 4) is 0 Å². The van der Waals surface area contributed by atoms with E-state index in [0.29, 0.717) is 42.9 Å². The number of hydrogen-bond acceptors (Lipinski definition) is 7. The Bertz CT molecular complexity index is 1470. The van der Waals surface area contributed by atoms with Crippen molar-refractivity contribution in [1.29, 1.82) is 0 Å². The number of hydrogen-bond donors (Lipinski definition) is 2. The number of oxazole rings is 1. The molecular weight excluding hydrogens is 560 g/mol. The van der Waals surface area contributed by atoms with Gasteiger partial charge in [-0.3, -0.25) is 9.59 Å². The Kier molecular flexibility index (Phi) is 9.39. The number of likely N-dealkylation sites (tertiary alicyclic amines) is 2. The first-order chi connectivity index (χ1) is 21.0. The summed E-state index contributed by atoms with van der Waals surface area (Å²) in [7, 11) is 0. The van der Waals surface area contributed by atoms with Gasteiger partial charge in [0.25, 0.3) is 11.8 Å². The maximum Gasteiger partial charge on any atom is 0.410 e. The molecule has 44 heavy (non-hydrogen) atoms. The fourth-order valence-corrected chi connectivity index (χ4v) is 6.09. The van der Waals surface area contributed by atoms with Crippen LogP contribution in [-0.4, -0.2) is 74.7 Å². The summed E-state index contributed by atoms with van der Waals surface area (Å²) < 4.78 is 11.2. The molecule has 234 valence electrons. The van der Waals surface area contributed by atoms with Crippen molar-refractivity contribution in [1.82, 2.24) is 20.1 Å². The Hall–Kier alpha value is -4.18. The van der Waals surface area contributed by atoms with Crippen LogP contribution in [0.15, 0.2) is 65.3 Å². The number of aliphatic hydroxyl groups is 1. The maximum absolute atomic E-state index is 13.7. The van der Waals surface area contributed by atoms with Gasteiger partial charge in [-0.2, -0.15) is 0 Å². The minimum absolute atomic E-state index is 0.196. The van der Waals surface area contributed by atoms with Gasteiger partial charge in [0, 0.05) is 24.2 Å². The third kappa shape index (κ3) is 7.30. The van der Waals surface area contributed by atoms with E-state index in [0.717, 1.165) is 30.5 Å². The summed E-state index contributed by atoms with van der Waals surface area (Å²) in [5.41, 5.74) is 1.72. The zero-order chi connectivity index (χ0) is 31.4. The Labute approximate surface area is 258 Å². The average molecular weight is 603 g/mol. The molecule has 3 amide bonds. The van der Waals surface area contributed by atoms with Gasteiger partial charge in [0.05, 0.1) is 23.9 Å². The van der Waals surface area contributed by atoms with Crippen LogP contribution in [0.3, 0.4) is 0 Å². The van der Waals surface area contributed by atoms with Crippen LogP contribution in [-0.2, 0) is 11.2 Å². The predicted molar refractivity (Wildman–Crippen MR) is 164 cm³/mol. The Morgan fingerprint density at radius 3 is 2.43 bits per heavy atom. The first kappa shape index (κ1) is 31.3. The number of carbonyl (C=O) groups excluding carboxylic acids is 3. The van der Waals surface area contributed by atoms with Crippen molar-refractivity contribution >= 4 is 17.9 Å². The molecule has 0 aliphatic carbocycles. The molecule has 0 unspecified atom stereocenters. The van der Waals surface area contributed by atoms with E-state index in [2.05, 4.69) is 10.3 Å². The lowest BCUT2D eigenvalue weighted by molar-refractivity contribution is -0.00161. The summed E-state index contributed by atoms with van der Waals surface area (Å²) in [5, 5.41) is 14.7. The van der Waals surface area contributed by atoms with E-state index in [4.69, 9.17) is 9.15 Å². The van der Waals surface area contributed by atoms with Crippen LogP contribution in [0.5, 0.6) is 0 Å². The highest BCUT2D eigenvalue weighted by Crippen LogP contribution is 2.33. The van der Waals surface area contributed by atoms with E-state index in [1.54, 1.807) is 40.3 Å². The van der Waals surface area contributed by atoms with Crippen LogP contribution in [0.25, 0.3) is 0 Å². The summed E-state index contributed by atoms with van der Waals surface area (Å²) in [5.74, 6) is -0.0899. The van der Waals surface area contributed by atoms with Crippen LogP contribution in [0.4, 0.5) is 4.79 Å². The smallest absolute Gasteiger partial charge is 0.410 e. The number of benzene rings is 2. The van der Waals surface area contributed by atoms with Gasteiger partial charge in [0.15, 0.2) is 0 Å². The van der Waals surface area contributed by atoms with Crippen LogP contribution < -0.4 is 5.32 Å². The minimum Gasteiger partial charge on any atom is -0.446 e. The van der Waals surface area contributed by atoms with Crippen LogP contribution in [0, 0.1) is 6.92 Å². The number of carbonyl (C=O) groups is 3. The second-order valence-electron chi connectivity index (χ2n) is 12.7. The molecule has 0 bridgehead atoms. The molecule has 2 aliphatic heterocycles. The van der Waals surface area contributed by atoms with E-state index in [9.17, 15) is 19.5 Å². The predicted octanol–water partition coefficient (Wildman–Crippen LogP) is 5.06. The zero-order valence-corrected chi connectivity index (χ0v) is 25.9. The quantitative estimate of drug-likeness (QED) is 0.369. The molecule has 5 rings (SSSR count). The zero-order valence-electron chi connectivity index (χ0n) is 25.9. The van der Waals surface area contributed by atoms with Gasteiger partial charge in [-0.1, -0.05) is 36.4 Å². The second-order valence-corrected chi connectivity index (χ2v) is 12.7. The molecule has 1 aromatic heterocycles. The average Bonchev–Trinajstić information content (AvgIpc) is 3.77. The Morgan fingerprint density at radius 2 is 1.73 bits per heavy atom. The molecule has 0 saturated carbocycles. The summed E-state index contributed by atoms with van der Waals surface area (Å²) in [6.07, 6.45) is 3.32. The van der Waals surface area contributed by atoms with Crippen molar-refractivity contribution in [2.75, 3.05) is 13.1 Å². The van der Waals surface area contributed by atoms with E-state index in [-0.39, 0.29) is 11.9 Å². The summed E-state index contributed by atoms with van der Waals surface area (Å²) in [4.78, 5) is 48.0. The normalized spacial score (nSPS) is 19.9. The van der Waals surface area contributed by atoms with Gasteiger partial charge in [0.1, 0.15) is 17.9 Å². The summed E-state index contributed by atoms with van der Waals surface area (Å²) in [6.45, 7) is 8.31. The van der Waals surface area contributed by atoms with E-state index >= 15 is 0 Å². The molecule has 2 saturated heterocycles. The lowest BCUT2D eigenvalue weighted by Gasteiger charge is -2.35. The molecule has 2 N–H and O–H groups in total. The summed E-state index contributed by atoms with van der Waals surface area (Å²) in [6, 6.07) is 14.8. The van der Waals surface area contributed by atoms with Crippen LogP contribution in [0.2, 0.25) is 0 Å².